The molecular formula is C23H17BrFN5OS. The van der Waals surface area contributed by atoms with Gasteiger partial charge in [0.05, 0.1) is 12.0 Å². The van der Waals surface area contributed by atoms with Gasteiger partial charge in [-0.15, -0.1) is 10.2 Å². The highest BCUT2D eigenvalue weighted by Crippen LogP contribution is 2.29. The summed E-state index contributed by atoms with van der Waals surface area (Å²) in [4.78, 5) is 12.3. The molecule has 1 N–H and O–H groups in total. The van der Waals surface area contributed by atoms with Crippen molar-refractivity contribution in [2.45, 2.75) is 5.16 Å². The zero-order valence-corrected chi connectivity index (χ0v) is 19.1. The number of hydrogen-bond acceptors (Lipinski definition) is 5. The molecule has 0 aliphatic heterocycles. The molecule has 6 nitrogen and oxygen atoms in total. The zero-order valence-electron chi connectivity index (χ0n) is 16.7. The summed E-state index contributed by atoms with van der Waals surface area (Å²) in [6.45, 7) is 0. The highest BCUT2D eigenvalue weighted by Gasteiger charge is 2.17. The lowest BCUT2D eigenvalue weighted by molar-refractivity contribution is -0.118. The van der Waals surface area contributed by atoms with Crippen molar-refractivity contribution in [1.82, 2.24) is 20.2 Å². The van der Waals surface area contributed by atoms with E-state index >= 15 is 0 Å². The maximum atomic E-state index is 13.6. The van der Waals surface area contributed by atoms with Gasteiger partial charge in [-0.1, -0.05) is 76.2 Å². The minimum Gasteiger partial charge on any atom is -0.272 e. The fourth-order valence-corrected chi connectivity index (χ4v) is 4.05. The molecule has 4 rings (SSSR count). The van der Waals surface area contributed by atoms with Gasteiger partial charge in [0.15, 0.2) is 11.0 Å². The van der Waals surface area contributed by atoms with E-state index in [9.17, 15) is 9.18 Å². The molecule has 1 heterocycles. The van der Waals surface area contributed by atoms with Crippen molar-refractivity contribution < 1.29 is 9.18 Å². The Morgan fingerprint density at radius 1 is 1.06 bits per heavy atom. The molecule has 32 heavy (non-hydrogen) atoms. The molecule has 160 valence electrons. The van der Waals surface area contributed by atoms with Crippen LogP contribution in [0.15, 0.2) is 93.6 Å². The summed E-state index contributed by atoms with van der Waals surface area (Å²) in [5.74, 6) is -0.0129. The fraction of sp³-hybridized carbons (Fsp3) is 0.0435. The van der Waals surface area contributed by atoms with Gasteiger partial charge in [-0.25, -0.2) is 9.82 Å². The van der Waals surface area contributed by atoms with E-state index in [1.807, 2.05) is 59.2 Å². The van der Waals surface area contributed by atoms with Crippen LogP contribution in [0.5, 0.6) is 0 Å². The van der Waals surface area contributed by atoms with Gasteiger partial charge in [0, 0.05) is 21.3 Å². The molecule has 0 unspecified atom stereocenters. The number of aromatic nitrogens is 3. The Labute approximate surface area is 196 Å². The lowest BCUT2D eigenvalue weighted by atomic mass is 10.2. The minimum atomic E-state index is -0.407. The van der Waals surface area contributed by atoms with E-state index < -0.39 is 5.82 Å². The maximum absolute atomic E-state index is 13.6. The SMILES string of the molecule is O=C(CSc1nnc(-c2cccc(Br)c2)n1-c1ccccc1)N/N=C\c1ccccc1F. The first-order valence-corrected chi connectivity index (χ1v) is 11.4. The normalized spacial score (nSPS) is 11.1. The molecule has 0 fully saturated rings. The third-order valence-corrected chi connectivity index (χ3v) is 5.78. The summed E-state index contributed by atoms with van der Waals surface area (Å²) in [5.41, 5.74) is 4.48. The van der Waals surface area contributed by atoms with Gasteiger partial charge in [0.25, 0.3) is 5.91 Å². The van der Waals surface area contributed by atoms with Crippen LogP contribution in [-0.2, 0) is 4.79 Å². The van der Waals surface area contributed by atoms with E-state index in [1.165, 1.54) is 24.0 Å². The summed E-state index contributed by atoms with van der Waals surface area (Å²) < 4.78 is 16.5. The summed E-state index contributed by atoms with van der Waals surface area (Å²) in [6, 6.07) is 23.7. The number of amides is 1. The van der Waals surface area contributed by atoms with E-state index in [1.54, 1.807) is 18.2 Å². The smallest absolute Gasteiger partial charge is 0.250 e. The molecule has 0 aliphatic rings. The molecule has 4 aromatic rings. The Hall–Kier alpha value is -3.30. The van der Waals surface area contributed by atoms with Gasteiger partial charge in [-0.2, -0.15) is 5.10 Å². The average molecular weight is 510 g/mol. The topological polar surface area (TPSA) is 72.2 Å². The Balaban J connectivity index is 1.51. The van der Waals surface area contributed by atoms with Crippen LogP contribution in [0.2, 0.25) is 0 Å². The van der Waals surface area contributed by atoms with Gasteiger partial charge in [0.1, 0.15) is 5.82 Å². The second-order valence-electron chi connectivity index (χ2n) is 6.59. The fourth-order valence-electron chi connectivity index (χ4n) is 2.90. The van der Waals surface area contributed by atoms with E-state index in [-0.39, 0.29) is 11.7 Å². The van der Waals surface area contributed by atoms with Crippen molar-refractivity contribution in [3.63, 3.8) is 0 Å². The summed E-state index contributed by atoms with van der Waals surface area (Å²) >= 11 is 4.73. The number of para-hydroxylation sites is 1. The number of thioether (sulfide) groups is 1. The van der Waals surface area contributed by atoms with Crippen LogP contribution in [0, 0.1) is 5.82 Å². The molecule has 1 amide bonds. The van der Waals surface area contributed by atoms with Crippen molar-refractivity contribution in [3.05, 3.63) is 94.7 Å². The van der Waals surface area contributed by atoms with Crippen molar-refractivity contribution in [3.8, 4) is 17.1 Å². The molecule has 0 radical (unpaired) electrons. The number of hydrazone groups is 1. The van der Waals surface area contributed by atoms with Crippen LogP contribution in [-0.4, -0.2) is 32.6 Å². The molecular weight excluding hydrogens is 493 g/mol. The van der Waals surface area contributed by atoms with E-state index in [4.69, 9.17) is 0 Å². The molecule has 0 atom stereocenters. The van der Waals surface area contributed by atoms with E-state index in [0.717, 1.165) is 15.7 Å². The van der Waals surface area contributed by atoms with Crippen molar-refractivity contribution in [1.29, 1.82) is 0 Å². The van der Waals surface area contributed by atoms with Crippen LogP contribution in [0.3, 0.4) is 0 Å². The number of hydrogen-bond donors (Lipinski definition) is 1. The highest BCUT2D eigenvalue weighted by atomic mass is 79.9. The molecule has 1 aromatic heterocycles. The van der Waals surface area contributed by atoms with Crippen LogP contribution in [0.25, 0.3) is 17.1 Å². The Bertz CT molecular complexity index is 1260. The van der Waals surface area contributed by atoms with Crippen molar-refractivity contribution >= 4 is 39.8 Å². The number of carbonyl (C=O) groups is 1. The van der Waals surface area contributed by atoms with Crippen molar-refractivity contribution in [2.75, 3.05) is 5.75 Å². The van der Waals surface area contributed by atoms with Crippen LogP contribution >= 0.6 is 27.7 Å². The Morgan fingerprint density at radius 3 is 2.62 bits per heavy atom. The maximum Gasteiger partial charge on any atom is 0.250 e. The van der Waals surface area contributed by atoms with E-state index in [0.29, 0.717) is 16.5 Å². The monoisotopic (exact) mass is 509 g/mol. The second kappa shape index (κ2) is 10.3. The predicted molar refractivity (Wildman–Crippen MR) is 127 cm³/mol. The lowest BCUT2D eigenvalue weighted by Gasteiger charge is -2.10. The van der Waals surface area contributed by atoms with Crippen LogP contribution in [0.4, 0.5) is 4.39 Å². The molecule has 0 saturated carbocycles. The highest BCUT2D eigenvalue weighted by molar-refractivity contribution is 9.10. The first-order chi connectivity index (χ1) is 15.6. The molecule has 9 heteroatoms. The number of rotatable bonds is 7. The van der Waals surface area contributed by atoms with Crippen molar-refractivity contribution in [2.24, 2.45) is 5.10 Å². The van der Waals surface area contributed by atoms with Gasteiger partial charge >= 0.3 is 0 Å². The third-order valence-electron chi connectivity index (χ3n) is 4.36. The Morgan fingerprint density at radius 2 is 1.84 bits per heavy atom. The number of carbonyl (C=O) groups excluding carboxylic acids is 1. The number of nitrogens with zero attached hydrogens (tertiary/aromatic N) is 4. The molecule has 3 aromatic carbocycles. The largest absolute Gasteiger partial charge is 0.272 e. The van der Waals surface area contributed by atoms with Gasteiger partial charge in [-0.05, 0) is 30.3 Å². The first kappa shape index (κ1) is 21.9. The number of benzene rings is 3. The predicted octanol–water partition coefficient (Wildman–Crippen LogP) is 5.08. The molecule has 0 spiro atoms. The molecule has 0 bridgehead atoms. The van der Waals surface area contributed by atoms with Crippen LogP contribution < -0.4 is 5.43 Å². The quantitative estimate of drug-likeness (QED) is 0.214. The van der Waals surface area contributed by atoms with E-state index in [2.05, 4.69) is 36.7 Å². The standard InChI is InChI=1S/C23H17BrFN5OS/c24-18-9-6-8-16(13-18)22-28-29-23(30(22)19-10-2-1-3-11-19)32-15-21(31)27-26-14-17-7-4-5-12-20(17)25/h1-14H,15H2,(H,27,31)/b26-14-. The second-order valence-corrected chi connectivity index (χ2v) is 8.45. The summed E-state index contributed by atoms with van der Waals surface area (Å²) in [5, 5.41) is 13.1. The van der Waals surface area contributed by atoms with Gasteiger partial charge in [0.2, 0.25) is 0 Å². The molecule has 0 saturated heterocycles. The number of nitrogens with one attached hydrogen (secondary N) is 1. The number of halogens is 2. The summed E-state index contributed by atoms with van der Waals surface area (Å²) in [7, 11) is 0. The summed E-state index contributed by atoms with van der Waals surface area (Å²) in [6.07, 6.45) is 1.27. The average Bonchev–Trinajstić information content (AvgIpc) is 3.24. The zero-order chi connectivity index (χ0) is 22.3. The van der Waals surface area contributed by atoms with Gasteiger partial charge in [-0.3, -0.25) is 9.36 Å². The first-order valence-electron chi connectivity index (χ1n) is 9.58. The Kier molecular flexibility index (Phi) is 7.08. The minimum absolute atomic E-state index is 0.0675. The van der Waals surface area contributed by atoms with Crippen LogP contribution in [0.1, 0.15) is 5.56 Å². The lowest BCUT2D eigenvalue weighted by Crippen LogP contribution is -2.20. The van der Waals surface area contributed by atoms with Gasteiger partial charge < -0.3 is 0 Å². The molecule has 0 aliphatic carbocycles. The third kappa shape index (κ3) is 5.30.